The van der Waals surface area contributed by atoms with Crippen LogP contribution in [0.2, 0.25) is 0 Å². The van der Waals surface area contributed by atoms with E-state index >= 15 is 0 Å². The maximum absolute atomic E-state index is 12.8. The van der Waals surface area contributed by atoms with E-state index in [0.29, 0.717) is 13.0 Å². The zero-order valence-corrected chi connectivity index (χ0v) is 15.6. The van der Waals surface area contributed by atoms with Crippen LogP contribution >= 0.6 is 0 Å². The lowest BCUT2D eigenvalue weighted by molar-refractivity contribution is 0.0952. The zero-order chi connectivity index (χ0) is 19.7. The summed E-state index contributed by atoms with van der Waals surface area (Å²) in [5.74, 6) is -0.886. The van der Waals surface area contributed by atoms with Crippen molar-refractivity contribution in [3.63, 3.8) is 0 Å². The van der Waals surface area contributed by atoms with E-state index in [1.165, 1.54) is 36.5 Å². The first-order valence-electron chi connectivity index (χ1n) is 8.67. The Hall–Kier alpha value is -3.39. The molecule has 0 spiro atoms. The van der Waals surface area contributed by atoms with Crippen molar-refractivity contribution < 1.29 is 18.0 Å². The zero-order valence-electron chi connectivity index (χ0n) is 14.8. The van der Waals surface area contributed by atoms with Crippen LogP contribution < -0.4 is 10.6 Å². The summed E-state index contributed by atoms with van der Waals surface area (Å²) in [6.07, 6.45) is 2.00. The predicted molar refractivity (Wildman–Crippen MR) is 104 cm³/mol. The first-order valence-corrected chi connectivity index (χ1v) is 10.1. The van der Waals surface area contributed by atoms with Gasteiger partial charge in [-0.1, -0.05) is 30.3 Å². The summed E-state index contributed by atoms with van der Waals surface area (Å²) >= 11 is 0. The maximum Gasteiger partial charge on any atom is 0.273 e. The Balaban J connectivity index is 1.56. The molecule has 4 rings (SSSR count). The molecular formula is C20H17N3O4S. The van der Waals surface area contributed by atoms with E-state index in [9.17, 15) is 18.0 Å². The summed E-state index contributed by atoms with van der Waals surface area (Å²) < 4.78 is 26.5. The highest BCUT2D eigenvalue weighted by Crippen LogP contribution is 2.29. The number of fused-ring (bicyclic) bond motifs is 2. The van der Waals surface area contributed by atoms with Gasteiger partial charge in [-0.05, 0) is 42.3 Å². The van der Waals surface area contributed by atoms with E-state index in [2.05, 4.69) is 10.6 Å². The molecule has 1 aromatic heterocycles. The van der Waals surface area contributed by atoms with Gasteiger partial charge in [0.05, 0.1) is 5.69 Å². The van der Waals surface area contributed by atoms with Gasteiger partial charge in [0.15, 0.2) is 0 Å². The number of nitrogens with zero attached hydrogens (tertiary/aromatic N) is 1. The SMILES string of the molecule is O=C(NCCc1ccccc1)c1ccc2c(c1)NC(=O)c1cccn1S2(=O)=O. The highest BCUT2D eigenvalue weighted by atomic mass is 32.2. The smallest absolute Gasteiger partial charge is 0.273 e. The van der Waals surface area contributed by atoms with Crippen molar-refractivity contribution in [3.05, 3.63) is 83.7 Å². The van der Waals surface area contributed by atoms with E-state index in [-0.39, 0.29) is 27.7 Å². The maximum atomic E-state index is 12.8. The number of aromatic nitrogens is 1. The van der Waals surface area contributed by atoms with Crippen LogP contribution in [0.5, 0.6) is 0 Å². The minimum atomic E-state index is -3.92. The molecule has 1 aliphatic rings. The van der Waals surface area contributed by atoms with Crippen LogP contribution in [0.1, 0.15) is 26.4 Å². The average molecular weight is 395 g/mol. The Kier molecular flexibility index (Phi) is 4.48. The molecule has 0 bridgehead atoms. The molecule has 0 radical (unpaired) electrons. The van der Waals surface area contributed by atoms with Crippen molar-refractivity contribution in [2.24, 2.45) is 0 Å². The number of nitrogens with one attached hydrogen (secondary N) is 2. The lowest BCUT2D eigenvalue weighted by Crippen LogP contribution is -2.26. The largest absolute Gasteiger partial charge is 0.352 e. The second-order valence-corrected chi connectivity index (χ2v) is 8.13. The lowest BCUT2D eigenvalue weighted by Gasteiger charge is -2.10. The molecule has 1 aliphatic heterocycles. The molecule has 2 aromatic carbocycles. The summed E-state index contributed by atoms with van der Waals surface area (Å²) in [5, 5.41) is 5.39. The van der Waals surface area contributed by atoms with Crippen molar-refractivity contribution in [1.29, 1.82) is 0 Å². The Morgan fingerprint density at radius 3 is 2.61 bits per heavy atom. The van der Waals surface area contributed by atoms with E-state index < -0.39 is 15.9 Å². The average Bonchev–Trinajstić information content (AvgIpc) is 3.17. The first-order chi connectivity index (χ1) is 13.5. The summed E-state index contributed by atoms with van der Waals surface area (Å²) in [5.41, 5.74) is 1.48. The first kappa shape index (κ1) is 18.0. The fourth-order valence-corrected chi connectivity index (χ4v) is 4.58. The molecule has 2 heterocycles. The molecule has 0 saturated carbocycles. The Morgan fingerprint density at radius 1 is 1.04 bits per heavy atom. The third-order valence-electron chi connectivity index (χ3n) is 4.51. The minimum Gasteiger partial charge on any atom is -0.352 e. The topological polar surface area (TPSA) is 97.3 Å². The van der Waals surface area contributed by atoms with Crippen molar-refractivity contribution in [2.75, 3.05) is 11.9 Å². The van der Waals surface area contributed by atoms with E-state index in [1.54, 1.807) is 0 Å². The summed E-state index contributed by atoms with van der Waals surface area (Å²) in [4.78, 5) is 24.7. The number of benzene rings is 2. The van der Waals surface area contributed by atoms with Gasteiger partial charge in [0.1, 0.15) is 10.6 Å². The van der Waals surface area contributed by atoms with Gasteiger partial charge < -0.3 is 10.6 Å². The highest BCUT2D eigenvalue weighted by Gasteiger charge is 2.30. The number of hydrogen-bond donors (Lipinski definition) is 2. The van der Waals surface area contributed by atoms with E-state index in [1.807, 2.05) is 30.3 Å². The third kappa shape index (κ3) is 3.18. The van der Waals surface area contributed by atoms with Gasteiger partial charge in [-0.2, -0.15) is 0 Å². The number of anilines is 1. The summed E-state index contributed by atoms with van der Waals surface area (Å²) in [7, 11) is -3.92. The van der Waals surface area contributed by atoms with Crippen LogP contribution in [0.25, 0.3) is 0 Å². The molecule has 0 fully saturated rings. The van der Waals surface area contributed by atoms with Crippen LogP contribution in [-0.2, 0) is 16.4 Å². The standard InChI is InChI=1S/C20H17N3O4S/c24-19(21-11-10-14-5-2-1-3-6-14)15-8-9-18-16(13-15)22-20(25)17-7-4-12-23(17)28(18,26)27/h1-9,12-13H,10-11H2,(H,21,24)(H,22,25). The lowest BCUT2D eigenvalue weighted by atomic mass is 10.1. The molecule has 2 amide bonds. The van der Waals surface area contributed by atoms with Gasteiger partial charge in [0, 0.05) is 18.3 Å². The second kappa shape index (κ2) is 6.97. The fourth-order valence-electron chi connectivity index (χ4n) is 3.10. The van der Waals surface area contributed by atoms with E-state index in [0.717, 1.165) is 9.54 Å². The van der Waals surface area contributed by atoms with Gasteiger partial charge in [0.2, 0.25) is 0 Å². The number of hydrogen-bond acceptors (Lipinski definition) is 4. The molecule has 7 nitrogen and oxygen atoms in total. The molecule has 0 aliphatic carbocycles. The van der Waals surface area contributed by atoms with Gasteiger partial charge >= 0.3 is 0 Å². The van der Waals surface area contributed by atoms with Gasteiger partial charge in [-0.25, -0.2) is 12.4 Å². The van der Waals surface area contributed by atoms with E-state index in [4.69, 9.17) is 0 Å². The number of rotatable bonds is 4. The molecule has 0 saturated heterocycles. The van der Waals surface area contributed by atoms with Gasteiger partial charge in [0.25, 0.3) is 21.8 Å². The molecule has 28 heavy (non-hydrogen) atoms. The van der Waals surface area contributed by atoms with Crippen molar-refractivity contribution in [1.82, 2.24) is 9.29 Å². The quantitative estimate of drug-likeness (QED) is 0.708. The number of amides is 2. The van der Waals surface area contributed by atoms with Crippen LogP contribution in [0, 0.1) is 0 Å². The van der Waals surface area contributed by atoms with Crippen molar-refractivity contribution in [2.45, 2.75) is 11.3 Å². The molecule has 0 unspecified atom stereocenters. The van der Waals surface area contributed by atoms with Crippen LogP contribution in [-0.4, -0.2) is 30.7 Å². The van der Waals surface area contributed by atoms with Crippen molar-refractivity contribution >= 4 is 27.5 Å². The fraction of sp³-hybridized carbons (Fsp3) is 0.100. The number of carbonyl (C=O) groups excluding carboxylic acids is 2. The molecule has 8 heteroatoms. The highest BCUT2D eigenvalue weighted by molar-refractivity contribution is 7.90. The Morgan fingerprint density at radius 2 is 1.82 bits per heavy atom. The normalized spacial score (nSPS) is 14.4. The third-order valence-corrected chi connectivity index (χ3v) is 6.26. The molecule has 0 atom stereocenters. The summed E-state index contributed by atoms with van der Waals surface area (Å²) in [6, 6.07) is 16.8. The van der Waals surface area contributed by atoms with Crippen molar-refractivity contribution in [3.8, 4) is 0 Å². The minimum absolute atomic E-state index is 0.0186. The number of carbonyl (C=O) groups is 2. The molecule has 3 aromatic rings. The Bertz CT molecular complexity index is 1170. The molecular weight excluding hydrogens is 378 g/mol. The molecule has 142 valence electrons. The predicted octanol–water partition coefficient (Wildman–Crippen LogP) is 2.26. The summed E-state index contributed by atoms with van der Waals surface area (Å²) in [6.45, 7) is 0.441. The van der Waals surface area contributed by atoms with Crippen LogP contribution in [0.4, 0.5) is 5.69 Å². The van der Waals surface area contributed by atoms with Crippen LogP contribution in [0.15, 0.2) is 71.8 Å². The van der Waals surface area contributed by atoms with Gasteiger partial charge in [-0.3, -0.25) is 9.59 Å². The van der Waals surface area contributed by atoms with Gasteiger partial charge in [-0.15, -0.1) is 0 Å². The van der Waals surface area contributed by atoms with Crippen LogP contribution in [0.3, 0.4) is 0 Å². The molecule has 2 N–H and O–H groups in total. The monoisotopic (exact) mass is 395 g/mol. The Labute approximate surface area is 162 Å². The second-order valence-electron chi connectivity index (χ2n) is 6.35.